The summed E-state index contributed by atoms with van der Waals surface area (Å²) in [6.07, 6.45) is -2.20. The summed E-state index contributed by atoms with van der Waals surface area (Å²) in [6, 6.07) is 7.80. The van der Waals surface area contributed by atoms with Crippen molar-refractivity contribution in [3.05, 3.63) is 53.6 Å². The van der Waals surface area contributed by atoms with E-state index in [0.29, 0.717) is 6.08 Å². The van der Waals surface area contributed by atoms with Gasteiger partial charge >= 0.3 is 0 Å². The van der Waals surface area contributed by atoms with E-state index in [4.69, 9.17) is 0 Å². The molecule has 96 valence electrons. The second kappa shape index (κ2) is 4.57. The number of methoxy groups -OCH3 is 1. The highest BCUT2D eigenvalue weighted by molar-refractivity contribution is 5.78. The lowest BCUT2D eigenvalue weighted by Gasteiger charge is -2.29. The van der Waals surface area contributed by atoms with Gasteiger partial charge in [0.05, 0.1) is 0 Å². The number of hydrogen-bond donors (Lipinski definition) is 0. The van der Waals surface area contributed by atoms with Gasteiger partial charge in [-0.05, 0) is 11.6 Å². The molecule has 0 spiro atoms. The van der Waals surface area contributed by atoms with Crippen molar-refractivity contribution < 1.29 is 22.3 Å². The number of benzene rings is 1. The minimum absolute atomic E-state index is 0.269. The van der Waals surface area contributed by atoms with Gasteiger partial charge in [-0.25, -0.2) is 17.6 Å². The molecule has 5 heteroatoms. The van der Waals surface area contributed by atoms with Crippen molar-refractivity contribution in [1.82, 2.24) is 0 Å². The van der Waals surface area contributed by atoms with E-state index in [0.717, 1.165) is 7.11 Å². The highest BCUT2D eigenvalue weighted by Gasteiger charge is 2.51. The van der Waals surface area contributed by atoms with Crippen LogP contribution < -0.4 is 0 Å². The number of rotatable bonds is 2. The van der Waals surface area contributed by atoms with Crippen LogP contribution in [0.2, 0.25) is 0 Å². The number of ether oxygens (including phenoxy) is 1. The van der Waals surface area contributed by atoms with Crippen LogP contribution in [0.3, 0.4) is 0 Å². The van der Waals surface area contributed by atoms with Gasteiger partial charge in [-0.15, -0.1) is 0 Å². The third-order valence-corrected chi connectivity index (χ3v) is 2.78. The summed E-state index contributed by atoms with van der Waals surface area (Å²) in [5, 5.41) is 0. The fourth-order valence-corrected chi connectivity index (χ4v) is 1.75. The van der Waals surface area contributed by atoms with E-state index in [1.165, 1.54) is 12.1 Å². The predicted molar refractivity (Wildman–Crippen MR) is 59.4 cm³/mol. The lowest BCUT2D eigenvalue weighted by Crippen LogP contribution is -2.40. The maximum absolute atomic E-state index is 13.8. The molecule has 2 rings (SSSR count). The zero-order chi connectivity index (χ0) is 13.3. The third kappa shape index (κ3) is 1.84. The van der Waals surface area contributed by atoms with Crippen LogP contribution in [0.25, 0.3) is 5.57 Å². The average Bonchev–Trinajstić information content (AvgIpc) is 2.41. The molecule has 18 heavy (non-hydrogen) atoms. The molecule has 0 saturated carbocycles. The summed E-state index contributed by atoms with van der Waals surface area (Å²) in [5.41, 5.74) is -0.0446. The summed E-state index contributed by atoms with van der Waals surface area (Å²) in [4.78, 5) is 0. The zero-order valence-electron chi connectivity index (χ0n) is 9.46. The molecule has 0 N–H and O–H groups in total. The number of allylic oxidation sites excluding steroid dienone is 2. The molecule has 0 heterocycles. The van der Waals surface area contributed by atoms with Gasteiger partial charge in [0, 0.05) is 12.7 Å². The van der Waals surface area contributed by atoms with E-state index in [-0.39, 0.29) is 11.1 Å². The molecule has 0 radical (unpaired) electrons. The number of halogens is 4. The lowest BCUT2D eigenvalue weighted by atomic mass is 9.94. The quantitative estimate of drug-likeness (QED) is 0.731. The smallest absolute Gasteiger partial charge is 0.299 e. The molecular formula is C13H10F4O. The molecule has 0 bridgehead atoms. The molecule has 1 aromatic rings. The van der Waals surface area contributed by atoms with Crippen molar-refractivity contribution in [2.24, 2.45) is 0 Å². The minimum Gasteiger partial charge on any atom is -0.341 e. The maximum Gasteiger partial charge on any atom is 0.299 e. The second-order valence-electron chi connectivity index (χ2n) is 3.83. The van der Waals surface area contributed by atoms with Crippen LogP contribution >= 0.6 is 0 Å². The van der Waals surface area contributed by atoms with E-state index in [1.54, 1.807) is 18.2 Å². The Kier molecular flexibility index (Phi) is 3.26. The molecule has 1 nitrogen and oxygen atoms in total. The molecule has 1 aliphatic carbocycles. The van der Waals surface area contributed by atoms with E-state index in [2.05, 4.69) is 4.74 Å². The molecule has 0 aliphatic heterocycles. The molecule has 0 fully saturated rings. The monoisotopic (exact) mass is 258 g/mol. The summed E-state index contributed by atoms with van der Waals surface area (Å²) < 4.78 is 58.7. The topological polar surface area (TPSA) is 9.23 Å². The largest absolute Gasteiger partial charge is 0.341 e. The zero-order valence-corrected chi connectivity index (χ0v) is 9.46. The number of hydrogen-bond acceptors (Lipinski definition) is 1. The Balaban J connectivity index is 2.52. The van der Waals surface area contributed by atoms with Gasteiger partial charge in [0.25, 0.3) is 5.85 Å². The van der Waals surface area contributed by atoms with Gasteiger partial charge < -0.3 is 4.74 Å². The Bertz CT molecular complexity index is 509. The fraction of sp³-hybridized carbons (Fsp3) is 0.231. The highest BCUT2D eigenvalue weighted by Crippen LogP contribution is 2.43. The normalized spacial score (nSPS) is 28.3. The van der Waals surface area contributed by atoms with E-state index in [9.17, 15) is 17.6 Å². The second-order valence-corrected chi connectivity index (χ2v) is 3.83. The fourth-order valence-electron chi connectivity index (χ4n) is 1.75. The van der Waals surface area contributed by atoms with Crippen LogP contribution in [0.1, 0.15) is 5.56 Å². The van der Waals surface area contributed by atoms with Gasteiger partial charge in [0.2, 0.25) is 6.17 Å². The molecule has 2 atom stereocenters. The average molecular weight is 258 g/mol. The van der Waals surface area contributed by atoms with Crippen LogP contribution in [-0.2, 0) is 4.74 Å². The molecular weight excluding hydrogens is 248 g/mol. The molecule has 0 amide bonds. The van der Waals surface area contributed by atoms with E-state index in [1.807, 2.05) is 0 Å². The number of alkyl halides is 2. The third-order valence-electron chi connectivity index (χ3n) is 2.78. The summed E-state index contributed by atoms with van der Waals surface area (Å²) in [7, 11) is 0.779. The van der Waals surface area contributed by atoms with Crippen molar-refractivity contribution in [1.29, 1.82) is 0 Å². The molecule has 1 aromatic carbocycles. The molecule has 0 saturated heterocycles. The van der Waals surface area contributed by atoms with Crippen molar-refractivity contribution in [2.75, 3.05) is 7.11 Å². The Morgan fingerprint density at radius 3 is 2.33 bits per heavy atom. The summed E-state index contributed by atoms with van der Waals surface area (Å²) >= 11 is 0. The van der Waals surface area contributed by atoms with Gasteiger partial charge in [0.1, 0.15) is 5.83 Å². The van der Waals surface area contributed by atoms with Crippen LogP contribution in [0, 0.1) is 0 Å². The van der Waals surface area contributed by atoms with Gasteiger partial charge in [-0.2, -0.15) is 0 Å². The first-order valence-corrected chi connectivity index (χ1v) is 5.21. The van der Waals surface area contributed by atoms with Crippen LogP contribution in [0.15, 0.2) is 48.1 Å². The highest BCUT2D eigenvalue weighted by atomic mass is 19.2. The first kappa shape index (κ1) is 12.8. The van der Waals surface area contributed by atoms with Gasteiger partial charge in [-0.3, -0.25) is 0 Å². The predicted octanol–water partition coefficient (Wildman–Crippen LogP) is 3.88. The SMILES string of the molecule is COC1(F)C(F)=CC(c2ccccc2)=C(F)C1F. The molecule has 2 unspecified atom stereocenters. The van der Waals surface area contributed by atoms with Crippen molar-refractivity contribution in [2.45, 2.75) is 12.0 Å². The van der Waals surface area contributed by atoms with Crippen molar-refractivity contribution in [3.63, 3.8) is 0 Å². The standard InChI is InChI=1S/C13H10F4O/c1-18-13(17)10(14)7-9(11(15)12(13)16)8-5-3-2-4-6-8/h2-7,12H,1H3. The first-order chi connectivity index (χ1) is 8.50. The van der Waals surface area contributed by atoms with Gasteiger partial charge in [0.15, 0.2) is 5.83 Å². The van der Waals surface area contributed by atoms with Crippen molar-refractivity contribution in [3.8, 4) is 0 Å². The minimum atomic E-state index is -3.39. The first-order valence-electron chi connectivity index (χ1n) is 5.21. The lowest BCUT2D eigenvalue weighted by molar-refractivity contribution is -0.147. The van der Waals surface area contributed by atoms with Crippen LogP contribution in [0.4, 0.5) is 17.6 Å². The van der Waals surface area contributed by atoms with E-state index >= 15 is 0 Å². The molecule has 0 aromatic heterocycles. The Morgan fingerprint density at radius 2 is 1.78 bits per heavy atom. The molecule has 1 aliphatic rings. The Morgan fingerprint density at radius 1 is 1.17 bits per heavy atom. The van der Waals surface area contributed by atoms with Crippen molar-refractivity contribution >= 4 is 5.57 Å². The summed E-state index contributed by atoms with van der Waals surface area (Å²) in [5.74, 6) is -6.26. The summed E-state index contributed by atoms with van der Waals surface area (Å²) in [6.45, 7) is 0. The van der Waals surface area contributed by atoms with Crippen LogP contribution in [0.5, 0.6) is 0 Å². The van der Waals surface area contributed by atoms with E-state index < -0.39 is 23.7 Å². The van der Waals surface area contributed by atoms with Gasteiger partial charge in [-0.1, -0.05) is 30.3 Å². The maximum atomic E-state index is 13.8. The Hall–Kier alpha value is -1.62. The Labute approximate surface area is 101 Å². The van der Waals surface area contributed by atoms with Crippen LogP contribution in [-0.4, -0.2) is 19.1 Å².